The molecule has 2 amide bonds. The summed E-state index contributed by atoms with van der Waals surface area (Å²) in [5.41, 5.74) is 3.12. The molecule has 0 saturated carbocycles. The summed E-state index contributed by atoms with van der Waals surface area (Å²) in [4.78, 5) is 35.3. The zero-order chi connectivity index (χ0) is 24.8. The Morgan fingerprint density at radius 1 is 0.886 bits per heavy atom. The molecule has 1 heterocycles. The van der Waals surface area contributed by atoms with Crippen LogP contribution in [0.2, 0.25) is 0 Å². The van der Waals surface area contributed by atoms with Gasteiger partial charge >= 0.3 is 0 Å². The molecule has 4 rings (SSSR count). The molecule has 4 aromatic rings. The predicted octanol–water partition coefficient (Wildman–Crippen LogP) is 5.01. The fraction of sp³-hybridized carbons (Fsp3) is 0. The quantitative estimate of drug-likeness (QED) is 0.222. The third-order valence-electron chi connectivity index (χ3n) is 4.89. The number of nitrogens with one attached hydrogen (secondary N) is 2. The monoisotopic (exact) mass is 472 g/mol. The Morgan fingerprint density at radius 3 is 2.29 bits per heavy atom. The second-order valence-electron chi connectivity index (χ2n) is 7.18. The smallest absolute Gasteiger partial charge is 0.273 e. The topological polar surface area (TPSA) is 127 Å². The number of nitro benzene ring substituents is 1. The molecule has 0 bridgehead atoms. The SMILES string of the molecule is O=C(Nc1ccccc1C(=O)NN=Cc1ccc(-c2ccc([N+](=O)[O-])cc2)o1)c1ccccc1F. The first-order valence-corrected chi connectivity index (χ1v) is 10.3. The van der Waals surface area contributed by atoms with Gasteiger partial charge in [0.25, 0.3) is 17.5 Å². The number of carbonyl (C=O) groups is 2. The molecule has 35 heavy (non-hydrogen) atoms. The normalized spacial score (nSPS) is 10.8. The molecule has 3 aromatic carbocycles. The van der Waals surface area contributed by atoms with Crippen LogP contribution in [0.4, 0.5) is 15.8 Å². The highest BCUT2D eigenvalue weighted by molar-refractivity contribution is 6.09. The Morgan fingerprint density at radius 2 is 1.57 bits per heavy atom. The van der Waals surface area contributed by atoms with E-state index in [4.69, 9.17) is 4.42 Å². The molecule has 0 aliphatic heterocycles. The van der Waals surface area contributed by atoms with Crippen molar-refractivity contribution in [2.45, 2.75) is 0 Å². The second kappa shape index (κ2) is 10.2. The van der Waals surface area contributed by atoms with Crippen LogP contribution in [0.3, 0.4) is 0 Å². The van der Waals surface area contributed by atoms with Gasteiger partial charge < -0.3 is 9.73 Å². The highest BCUT2D eigenvalue weighted by Gasteiger charge is 2.16. The number of nitrogens with zero attached hydrogens (tertiary/aromatic N) is 2. The second-order valence-corrected chi connectivity index (χ2v) is 7.18. The van der Waals surface area contributed by atoms with Crippen LogP contribution >= 0.6 is 0 Å². The zero-order valence-corrected chi connectivity index (χ0v) is 18.0. The summed E-state index contributed by atoms with van der Waals surface area (Å²) >= 11 is 0. The first kappa shape index (κ1) is 23.1. The van der Waals surface area contributed by atoms with Crippen molar-refractivity contribution in [3.63, 3.8) is 0 Å². The molecule has 174 valence electrons. The minimum atomic E-state index is -0.693. The van der Waals surface area contributed by atoms with Crippen LogP contribution in [0.15, 0.2) is 94.4 Å². The van der Waals surface area contributed by atoms with Gasteiger partial charge in [0.1, 0.15) is 17.3 Å². The summed E-state index contributed by atoms with van der Waals surface area (Å²) in [5.74, 6) is -1.18. The molecule has 9 nitrogen and oxygen atoms in total. The largest absolute Gasteiger partial charge is 0.455 e. The molecule has 1 aromatic heterocycles. The summed E-state index contributed by atoms with van der Waals surface area (Å²) in [5, 5.41) is 17.2. The van der Waals surface area contributed by atoms with Crippen LogP contribution in [-0.2, 0) is 0 Å². The fourth-order valence-corrected chi connectivity index (χ4v) is 3.16. The zero-order valence-electron chi connectivity index (χ0n) is 18.0. The van der Waals surface area contributed by atoms with Crippen LogP contribution in [0.5, 0.6) is 0 Å². The van der Waals surface area contributed by atoms with Gasteiger partial charge in [-0.2, -0.15) is 5.10 Å². The molecule has 10 heteroatoms. The molecular weight excluding hydrogens is 455 g/mol. The van der Waals surface area contributed by atoms with E-state index in [1.54, 1.807) is 36.4 Å². The Bertz CT molecular complexity index is 1430. The van der Waals surface area contributed by atoms with E-state index in [1.807, 2.05) is 0 Å². The number of non-ortho nitro benzene ring substituents is 1. The molecule has 0 radical (unpaired) electrons. The minimum Gasteiger partial charge on any atom is -0.455 e. The maximum atomic E-state index is 13.9. The summed E-state index contributed by atoms with van der Waals surface area (Å²) in [7, 11) is 0. The van der Waals surface area contributed by atoms with Crippen molar-refractivity contribution in [3.8, 4) is 11.3 Å². The van der Waals surface area contributed by atoms with Crippen molar-refractivity contribution in [2.75, 3.05) is 5.32 Å². The molecule has 0 aliphatic rings. The van der Waals surface area contributed by atoms with Crippen molar-refractivity contribution in [1.82, 2.24) is 5.43 Å². The van der Waals surface area contributed by atoms with Gasteiger partial charge in [-0.05, 0) is 48.5 Å². The molecule has 0 unspecified atom stereocenters. The number of benzene rings is 3. The minimum absolute atomic E-state index is 0.0322. The van der Waals surface area contributed by atoms with Crippen LogP contribution in [0.25, 0.3) is 11.3 Å². The molecule has 0 spiro atoms. The summed E-state index contributed by atoms with van der Waals surface area (Å²) in [6, 6.07) is 20.9. The number of hydrazone groups is 1. The van der Waals surface area contributed by atoms with Gasteiger partial charge in [0, 0.05) is 17.7 Å². The number of hydrogen-bond acceptors (Lipinski definition) is 6. The average Bonchev–Trinajstić information content (AvgIpc) is 3.33. The van der Waals surface area contributed by atoms with Crippen LogP contribution in [0, 0.1) is 15.9 Å². The third-order valence-corrected chi connectivity index (χ3v) is 4.89. The lowest BCUT2D eigenvalue weighted by molar-refractivity contribution is -0.384. The number of halogens is 1. The van der Waals surface area contributed by atoms with Crippen LogP contribution < -0.4 is 10.7 Å². The number of hydrogen-bond donors (Lipinski definition) is 2. The first-order valence-electron chi connectivity index (χ1n) is 10.3. The highest BCUT2D eigenvalue weighted by Crippen LogP contribution is 2.24. The summed E-state index contributed by atoms with van der Waals surface area (Å²) in [6.07, 6.45) is 1.29. The van der Waals surface area contributed by atoms with E-state index in [2.05, 4.69) is 15.8 Å². The molecule has 0 aliphatic carbocycles. The molecule has 0 fully saturated rings. The number of para-hydroxylation sites is 1. The fourth-order valence-electron chi connectivity index (χ4n) is 3.16. The Labute approximate surface area is 198 Å². The van der Waals surface area contributed by atoms with Crippen LogP contribution in [-0.4, -0.2) is 23.0 Å². The van der Waals surface area contributed by atoms with Gasteiger partial charge in [-0.15, -0.1) is 0 Å². The Balaban J connectivity index is 1.42. The van der Waals surface area contributed by atoms with Gasteiger partial charge in [0.2, 0.25) is 0 Å². The van der Waals surface area contributed by atoms with Crippen molar-refractivity contribution in [2.24, 2.45) is 5.10 Å². The summed E-state index contributed by atoms with van der Waals surface area (Å²) < 4.78 is 19.5. The highest BCUT2D eigenvalue weighted by atomic mass is 19.1. The lowest BCUT2D eigenvalue weighted by Gasteiger charge is -2.10. The molecular formula is C25H17FN4O5. The van der Waals surface area contributed by atoms with E-state index in [0.29, 0.717) is 17.1 Å². The van der Waals surface area contributed by atoms with E-state index >= 15 is 0 Å². The van der Waals surface area contributed by atoms with E-state index in [-0.39, 0.29) is 22.5 Å². The van der Waals surface area contributed by atoms with Crippen LogP contribution in [0.1, 0.15) is 26.5 Å². The maximum absolute atomic E-state index is 13.9. The number of nitro groups is 1. The Kier molecular flexibility index (Phi) is 6.73. The standard InChI is InChI=1S/C25H17FN4O5/c26-21-7-3-1-5-19(21)24(31)28-22-8-4-2-6-20(22)25(32)29-27-15-18-13-14-23(35-18)16-9-11-17(12-10-16)30(33)34/h1-15H,(H,28,31)(H,29,32). The van der Waals surface area contributed by atoms with Gasteiger partial charge in [-0.1, -0.05) is 24.3 Å². The maximum Gasteiger partial charge on any atom is 0.273 e. The number of rotatable bonds is 7. The molecule has 2 N–H and O–H groups in total. The number of amides is 2. The van der Waals surface area contributed by atoms with Gasteiger partial charge in [-0.25, -0.2) is 9.82 Å². The van der Waals surface area contributed by atoms with Crippen molar-refractivity contribution in [1.29, 1.82) is 0 Å². The molecule has 0 atom stereocenters. The van der Waals surface area contributed by atoms with Crippen molar-refractivity contribution in [3.05, 3.63) is 118 Å². The van der Waals surface area contributed by atoms with E-state index in [1.165, 1.54) is 54.7 Å². The van der Waals surface area contributed by atoms with E-state index in [9.17, 15) is 24.1 Å². The Hall–Kier alpha value is -5.12. The number of furan rings is 1. The number of anilines is 1. The average molecular weight is 472 g/mol. The van der Waals surface area contributed by atoms with E-state index < -0.39 is 22.6 Å². The third kappa shape index (κ3) is 5.45. The van der Waals surface area contributed by atoms with Gasteiger partial charge in [0.05, 0.1) is 28.0 Å². The van der Waals surface area contributed by atoms with Gasteiger partial charge in [-0.3, -0.25) is 19.7 Å². The number of carbonyl (C=O) groups excluding carboxylic acids is 2. The lowest BCUT2D eigenvalue weighted by atomic mass is 10.1. The van der Waals surface area contributed by atoms with E-state index in [0.717, 1.165) is 0 Å². The summed E-state index contributed by atoms with van der Waals surface area (Å²) in [6.45, 7) is 0. The van der Waals surface area contributed by atoms with Gasteiger partial charge in [0.15, 0.2) is 0 Å². The molecule has 0 saturated heterocycles. The van der Waals surface area contributed by atoms with Crippen molar-refractivity contribution >= 4 is 29.4 Å². The lowest BCUT2D eigenvalue weighted by Crippen LogP contribution is -2.21. The predicted molar refractivity (Wildman–Crippen MR) is 127 cm³/mol. The first-order chi connectivity index (χ1) is 16.9. The van der Waals surface area contributed by atoms with Crippen molar-refractivity contribution < 1.29 is 23.3 Å².